The average Bonchev–Trinajstić information content (AvgIpc) is 2.56. The first-order valence-electron chi connectivity index (χ1n) is 7.18. The number of rotatable bonds is 6. The van der Waals surface area contributed by atoms with Crippen molar-refractivity contribution in [1.29, 1.82) is 0 Å². The summed E-state index contributed by atoms with van der Waals surface area (Å²) in [5.74, 6) is 0.00350. The molecular weight excluding hydrogens is 377 g/mol. The van der Waals surface area contributed by atoms with Crippen molar-refractivity contribution in [3.05, 3.63) is 47.1 Å². The summed E-state index contributed by atoms with van der Waals surface area (Å²) in [6.45, 7) is 2.18. The fourth-order valence-corrected chi connectivity index (χ4v) is 2.73. The van der Waals surface area contributed by atoms with Crippen molar-refractivity contribution in [3.8, 4) is 5.75 Å². The summed E-state index contributed by atoms with van der Waals surface area (Å²) in [5, 5.41) is 3.36. The molecule has 0 aliphatic heterocycles. The smallest absolute Gasteiger partial charge is 0.417 e. The summed E-state index contributed by atoms with van der Waals surface area (Å²) in [5.41, 5.74) is -0.401. The number of benzene rings is 1. The maximum Gasteiger partial charge on any atom is 0.417 e. The molecule has 0 bridgehead atoms. The lowest BCUT2D eigenvalue weighted by molar-refractivity contribution is -0.137. The van der Waals surface area contributed by atoms with Crippen molar-refractivity contribution in [2.24, 2.45) is 0 Å². The van der Waals surface area contributed by atoms with Gasteiger partial charge >= 0.3 is 6.18 Å². The molecule has 25 heavy (non-hydrogen) atoms. The minimum atomic E-state index is -4.43. The monoisotopic (exact) mass is 390 g/mol. The first-order valence-corrected chi connectivity index (χ1v) is 8.55. The number of anilines is 1. The zero-order chi connectivity index (χ0) is 18.4. The highest BCUT2D eigenvalue weighted by Gasteiger charge is 2.30. The topological polar surface area (TPSA) is 51.2 Å². The van der Waals surface area contributed by atoms with E-state index in [1.54, 1.807) is 25.1 Å². The minimum absolute atomic E-state index is 0.0174. The van der Waals surface area contributed by atoms with Gasteiger partial charge in [-0.05, 0) is 31.2 Å². The van der Waals surface area contributed by atoms with Crippen molar-refractivity contribution in [2.45, 2.75) is 18.1 Å². The van der Waals surface area contributed by atoms with Crippen LogP contribution in [0.1, 0.15) is 12.5 Å². The third kappa shape index (κ3) is 5.54. The van der Waals surface area contributed by atoms with Gasteiger partial charge in [-0.2, -0.15) is 13.2 Å². The summed E-state index contributed by atoms with van der Waals surface area (Å²) >= 11 is 7.06. The Morgan fingerprint density at radius 2 is 2.08 bits per heavy atom. The van der Waals surface area contributed by atoms with Gasteiger partial charge in [0.2, 0.25) is 5.91 Å². The van der Waals surface area contributed by atoms with Gasteiger partial charge in [0.1, 0.15) is 0 Å². The third-order valence-corrected chi connectivity index (χ3v) is 4.19. The number of nitrogens with zero attached hydrogens (tertiary/aromatic N) is 1. The number of halogens is 4. The van der Waals surface area contributed by atoms with Crippen LogP contribution in [-0.2, 0) is 11.0 Å². The largest absolute Gasteiger partial charge is 0.490 e. The molecule has 9 heteroatoms. The molecule has 2 rings (SSSR count). The molecule has 0 saturated carbocycles. The standard InChI is InChI=1S/C16H14ClF3N2O2S/c1-2-24-15-11(17)4-3-5-12(15)22-13(23)9-25-14-7-6-10(8-21-14)16(18,19)20/h3-8H,2,9H2,1H3,(H,22,23). The first-order chi connectivity index (χ1) is 11.8. The second-order valence-corrected chi connectivity index (χ2v) is 6.17. The van der Waals surface area contributed by atoms with E-state index in [0.29, 0.717) is 28.1 Å². The quantitative estimate of drug-likeness (QED) is 0.714. The van der Waals surface area contributed by atoms with E-state index < -0.39 is 11.7 Å². The zero-order valence-corrected chi connectivity index (χ0v) is 14.6. The highest BCUT2D eigenvalue weighted by molar-refractivity contribution is 7.99. The number of nitrogens with one attached hydrogen (secondary N) is 1. The predicted molar refractivity (Wildman–Crippen MR) is 91.2 cm³/mol. The Labute approximate surface area is 151 Å². The highest BCUT2D eigenvalue weighted by atomic mass is 35.5. The van der Waals surface area contributed by atoms with Crippen molar-refractivity contribution in [2.75, 3.05) is 17.7 Å². The average molecular weight is 391 g/mol. The van der Waals surface area contributed by atoms with E-state index in [9.17, 15) is 18.0 Å². The normalized spacial score (nSPS) is 11.2. The summed E-state index contributed by atoms with van der Waals surface area (Å²) in [7, 11) is 0. The number of pyridine rings is 1. The molecule has 0 aliphatic carbocycles. The lowest BCUT2D eigenvalue weighted by atomic mass is 10.3. The molecule has 1 N–H and O–H groups in total. The number of hydrogen-bond donors (Lipinski definition) is 1. The molecule has 2 aromatic rings. The molecule has 1 aromatic heterocycles. The molecule has 0 fully saturated rings. The van der Waals surface area contributed by atoms with Gasteiger partial charge in [0.25, 0.3) is 0 Å². The van der Waals surface area contributed by atoms with Gasteiger partial charge in [-0.1, -0.05) is 29.4 Å². The Hall–Kier alpha value is -1.93. The summed E-state index contributed by atoms with van der Waals surface area (Å²) in [6.07, 6.45) is -3.69. The van der Waals surface area contributed by atoms with E-state index in [4.69, 9.17) is 16.3 Å². The fraction of sp³-hybridized carbons (Fsp3) is 0.250. The Balaban J connectivity index is 1.96. The number of aromatic nitrogens is 1. The molecule has 1 amide bonds. The summed E-state index contributed by atoms with van der Waals surface area (Å²) < 4.78 is 42.8. The van der Waals surface area contributed by atoms with Crippen molar-refractivity contribution < 1.29 is 22.7 Å². The SMILES string of the molecule is CCOc1c(Cl)cccc1NC(=O)CSc1ccc(C(F)(F)F)cn1. The number of thioether (sulfide) groups is 1. The zero-order valence-electron chi connectivity index (χ0n) is 13.1. The fourth-order valence-electron chi connectivity index (χ4n) is 1.86. The molecule has 4 nitrogen and oxygen atoms in total. The molecule has 0 radical (unpaired) electrons. The molecule has 0 spiro atoms. The molecule has 0 unspecified atom stereocenters. The van der Waals surface area contributed by atoms with Gasteiger partial charge in [0.15, 0.2) is 5.75 Å². The van der Waals surface area contributed by atoms with Crippen LogP contribution in [-0.4, -0.2) is 23.3 Å². The summed E-state index contributed by atoms with van der Waals surface area (Å²) in [6, 6.07) is 7.12. The Bertz CT molecular complexity index is 739. The van der Waals surface area contributed by atoms with Crippen LogP contribution >= 0.6 is 23.4 Å². The van der Waals surface area contributed by atoms with Crippen LogP contribution < -0.4 is 10.1 Å². The van der Waals surface area contributed by atoms with Crippen LogP contribution in [0.3, 0.4) is 0 Å². The second-order valence-electron chi connectivity index (χ2n) is 4.77. The number of amides is 1. The molecule has 0 saturated heterocycles. The Morgan fingerprint density at radius 1 is 1.32 bits per heavy atom. The van der Waals surface area contributed by atoms with E-state index in [2.05, 4.69) is 10.3 Å². The van der Waals surface area contributed by atoms with Crippen LogP contribution in [0.25, 0.3) is 0 Å². The number of carbonyl (C=O) groups is 1. The van der Waals surface area contributed by atoms with Crippen molar-refractivity contribution >= 4 is 35.0 Å². The molecular formula is C16H14ClF3N2O2S. The van der Waals surface area contributed by atoms with E-state index in [1.807, 2.05) is 0 Å². The highest BCUT2D eigenvalue weighted by Crippen LogP contribution is 2.33. The van der Waals surface area contributed by atoms with E-state index in [1.165, 1.54) is 6.07 Å². The van der Waals surface area contributed by atoms with Crippen LogP contribution in [0.4, 0.5) is 18.9 Å². The number of carbonyl (C=O) groups excluding carboxylic acids is 1. The lowest BCUT2D eigenvalue weighted by Crippen LogP contribution is -2.15. The van der Waals surface area contributed by atoms with Crippen LogP contribution in [0, 0.1) is 0 Å². The van der Waals surface area contributed by atoms with Crippen LogP contribution in [0.5, 0.6) is 5.75 Å². The van der Waals surface area contributed by atoms with Gasteiger partial charge < -0.3 is 10.1 Å². The van der Waals surface area contributed by atoms with Gasteiger partial charge in [-0.25, -0.2) is 4.98 Å². The first kappa shape index (κ1) is 19.4. The second kappa shape index (κ2) is 8.44. The molecule has 1 aromatic carbocycles. The van der Waals surface area contributed by atoms with E-state index >= 15 is 0 Å². The van der Waals surface area contributed by atoms with Crippen LogP contribution in [0.2, 0.25) is 5.02 Å². The Morgan fingerprint density at radius 3 is 2.68 bits per heavy atom. The Kier molecular flexibility index (Phi) is 6.55. The molecule has 1 heterocycles. The van der Waals surface area contributed by atoms with Crippen molar-refractivity contribution in [1.82, 2.24) is 4.98 Å². The van der Waals surface area contributed by atoms with Gasteiger partial charge in [-0.15, -0.1) is 0 Å². The van der Waals surface area contributed by atoms with Gasteiger partial charge in [0, 0.05) is 6.20 Å². The van der Waals surface area contributed by atoms with Gasteiger partial charge in [0.05, 0.1) is 33.7 Å². The van der Waals surface area contributed by atoms with Crippen molar-refractivity contribution in [3.63, 3.8) is 0 Å². The van der Waals surface area contributed by atoms with Gasteiger partial charge in [-0.3, -0.25) is 4.79 Å². The predicted octanol–water partition coefficient (Wildman–Crippen LogP) is 4.88. The third-order valence-electron chi connectivity index (χ3n) is 2.94. The minimum Gasteiger partial charge on any atom is -0.490 e. The molecule has 0 atom stereocenters. The van der Waals surface area contributed by atoms with E-state index in [0.717, 1.165) is 24.0 Å². The molecule has 134 valence electrons. The summed E-state index contributed by atoms with van der Waals surface area (Å²) in [4.78, 5) is 15.7. The number of para-hydroxylation sites is 1. The maximum atomic E-state index is 12.5. The van der Waals surface area contributed by atoms with Crippen LogP contribution in [0.15, 0.2) is 41.6 Å². The number of hydrogen-bond acceptors (Lipinski definition) is 4. The maximum absolute atomic E-state index is 12.5. The number of alkyl halides is 3. The number of ether oxygens (including phenoxy) is 1. The van der Waals surface area contributed by atoms with E-state index in [-0.39, 0.29) is 11.7 Å². The lowest BCUT2D eigenvalue weighted by Gasteiger charge is -2.12. The molecule has 0 aliphatic rings.